The van der Waals surface area contributed by atoms with Crippen molar-refractivity contribution in [3.05, 3.63) is 11.6 Å². The molecule has 0 spiro atoms. The van der Waals surface area contributed by atoms with E-state index in [0.717, 1.165) is 24.2 Å². The highest BCUT2D eigenvalue weighted by Gasteiger charge is 2.35. The number of carbonyl (C=O) groups is 1. The first-order valence-corrected chi connectivity index (χ1v) is 7.89. The maximum absolute atomic E-state index is 11.7. The fraction of sp³-hybridized carbons (Fsp3) is 0.750. The number of hydrogen-bond donors (Lipinski definition) is 0. The number of allylic oxidation sites excluding steroid dienone is 2. The van der Waals surface area contributed by atoms with Gasteiger partial charge in [-0.2, -0.15) is 23.5 Å². The standard InChI is InChI=1S/C12H20OS2/c1-9-5-6-10(7-11(9)13)12(2,15-4)8-14-3/h5,10H,6-8H2,1-4H3. The van der Waals surface area contributed by atoms with Crippen molar-refractivity contribution in [2.75, 3.05) is 18.3 Å². The van der Waals surface area contributed by atoms with Crippen LogP contribution in [-0.2, 0) is 4.79 Å². The molecular weight excluding hydrogens is 224 g/mol. The average molecular weight is 244 g/mol. The molecule has 0 amide bonds. The van der Waals surface area contributed by atoms with Gasteiger partial charge in [-0.3, -0.25) is 4.79 Å². The van der Waals surface area contributed by atoms with Crippen LogP contribution in [0.2, 0.25) is 0 Å². The van der Waals surface area contributed by atoms with Crippen LogP contribution in [0.5, 0.6) is 0 Å². The molecule has 0 N–H and O–H groups in total. The molecule has 0 aromatic heterocycles. The third-order valence-electron chi connectivity index (χ3n) is 3.34. The van der Waals surface area contributed by atoms with Gasteiger partial charge in [0.2, 0.25) is 0 Å². The summed E-state index contributed by atoms with van der Waals surface area (Å²) in [4.78, 5) is 11.7. The highest BCUT2D eigenvalue weighted by atomic mass is 32.2. The molecule has 0 saturated carbocycles. The van der Waals surface area contributed by atoms with Crippen molar-refractivity contribution in [3.63, 3.8) is 0 Å². The fourth-order valence-corrected chi connectivity index (χ4v) is 4.14. The van der Waals surface area contributed by atoms with E-state index in [4.69, 9.17) is 0 Å². The summed E-state index contributed by atoms with van der Waals surface area (Å²) in [5, 5.41) is 0. The van der Waals surface area contributed by atoms with E-state index in [1.54, 1.807) is 0 Å². The van der Waals surface area contributed by atoms with Crippen LogP contribution in [0.1, 0.15) is 26.7 Å². The Hall–Kier alpha value is 0.110. The van der Waals surface area contributed by atoms with Crippen LogP contribution in [0.25, 0.3) is 0 Å². The number of hydrogen-bond acceptors (Lipinski definition) is 3. The zero-order chi connectivity index (χ0) is 11.5. The van der Waals surface area contributed by atoms with Gasteiger partial charge in [-0.15, -0.1) is 0 Å². The smallest absolute Gasteiger partial charge is 0.158 e. The summed E-state index contributed by atoms with van der Waals surface area (Å²) in [6.07, 6.45) is 8.22. The molecule has 0 fully saturated rings. The van der Waals surface area contributed by atoms with Crippen molar-refractivity contribution < 1.29 is 4.79 Å². The Labute approximate surface area is 101 Å². The van der Waals surface area contributed by atoms with Gasteiger partial charge in [0.15, 0.2) is 5.78 Å². The predicted molar refractivity (Wildman–Crippen MR) is 71.8 cm³/mol. The Bertz CT molecular complexity index is 273. The number of carbonyl (C=O) groups excluding carboxylic acids is 1. The maximum Gasteiger partial charge on any atom is 0.158 e. The van der Waals surface area contributed by atoms with E-state index in [1.807, 2.05) is 30.4 Å². The minimum Gasteiger partial charge on any atom is -0.295 e. The van der Waals surface area contributed by atoms with E-state index >= 15 is 0 Å². The van der Waals surface area contributed by atoms with E-state index in [-0.39, 0.29) is 4.75 Å². The summed E-state index contributed by atoms with van der Waals surface area (Å²) < 4.78 is 0.242. The Morgan fingerprint density at radius 2 is 2.20 bits per heavy atom. The van der Waals surface area contributed by atoms with Gasteiger partial charge in [0.25, 0.3) is 0 Å². The first kappa shape index (κ1) is 13.2. The van der Waals surface area contributed by atoms with Gasteiger partial charge in [0.05, 0.1) is 0 Å². The van der Waals surface area contributed by atoms with Crippen molar-refractivity contribution in [2.24, 2.45) is 5.92 Å². The summed E-state index contributed by atoms with van der Waals surface area (Å²) in [5.41, 5.74) is 0.957. The summed E-state index contributed by atoms with van der Waals surface area (Å²) >= 11 is 3.78. The molecule has 0 bridgehead atoms. The molecule has 86 valence electrons. The first-order chi connectivity index (χ1) is 7.03. The molecule has 2 atom stereocenters. The lowest BCUT2D eigenvalue weighted by atomic mass is 9.81. The van der Waals surface area contributed by atoms with Crippen LogP contribution in [0.4, 0.5) is 0 Å². The normalized spacial score (nSPS) is 26.0. The van der Waals surface area contributed by atoms with Gasteiger partial charge in [0, 0.05) is 16.9 Å². The quantitative estimate of drug-likeness (QED) is 0.754. The molecule has 15 heavy (non-hydrogen) atoms. The number of Topliss-reactive ketones (excluding diaryl/α,β-unsaturated/α-hetero) is 1. The Morgan fingerprint density at radius 3 is 2.67 bits per heavy atom. The lowest BCUT2D eigenvalue weighted by Crippen LogP contribution is -2.36. The van der Waals surface area contributed by atoms with Crippen molar-refractivity contribution in [2.45, 2.75) is 31.4 Å². The van der Waals surface area contributed by atoms with Crippen molar-refractivity contribution >= 4 is 29.3 Å². The van der Waals surface area contributed by atoms with Crippen LogP contribution in [-0.4, -0.2) is 28.8 Å². The average Bonchev–Trinajstić information content (AvgIpc) is 2.22. The third-order valence-corrected chi connectivity index (χ3v) is 5.82. The monoisotopic (exact) mass is 244 g/mol. The molecule has 0 radical (unpaired) electrons. The minimum absolute atomic E-state index is 0.242. The molecule has 1 rings (SSSR count). The van der Waals surface area contributed by atoms with Crippen LogP contribution in [0, 0.1) is 5.92 Å². The molecule has 0 aromatic rings. The summed E-state index contributed by atoms with van der Waals surface area (Å²) in [6, 6.07) is 0. The van der Waals surface area contributed by atoms with Crippen LogP contribution >= 0.6 is 23.5 Å². The molecular formula is C12H20OS2. The molecule has 0 aliphatic heterocycles. The number of ketones is 1. The zero-order valence-corrected chi connectivity index (χ0v) is 11.6. The van der Waals surface area contributed by atoms with Crippen LogP contribution in [0.3, 0.4) is 0 Å². The van der Waals surface area contributed by atoms with Gasteiger partial charge < -0.3 is 0 Å². The van der Waals surface area contributed by atoms with Crippen LogP contribution < -0.4 is 0 Å². The fourth-order valence-electron chi connectivity index (χ4n) is 2.00. The lowest BCUT2D eigenvalue weighted by Gasteiger charge is -2.37. The van der Waals surface area contributed by atoms with E-state index in [1.165, 1.54) is 0 Å². The number of thioether (sulfide) groups is 2. The summed E-state index contributed by atoms with van der Waals surface area (Å²) in [6.45, 7) is 4.23. The number of rotatable bonds is 4. The minimum atomic E-state index is 0.242. The topological polar surface area (TPSA) is 17.1 Å². The van der Waals surface area contributed by atoms with E-state index in [2.05, 4.69) is 25.5 Å². The molecule has 0 heterocycles. The second-order valence-electron chi connectivity index (χ2n) is 4.40. The van der Waals surface area contributed by atoms with Gasteiger partial charge in [0.1, 0.15) is 0 Å². The molecule has 0 saturated heterocycles. The maximum atomic E-state index is 11.7. The van der Waals surface area contributed by atoms with E-state index in [9.17, 15) is 4.79 Å². The van der Waals surface area contributed by atoms with Gasteiger partial charge in [-0.05, 0) is 44.3 Å². The Kier molecular flexibility index (Phi) is 4.78. The largest absolute Gasteiger partial charge is 0.295 e. The van der Waals surface area contributed by atoms with E-state index < -0.39 is 0 Å². The molecule has 1 aliphatic rings. The molecule has 2 unspecified atom stereocenters. The molecule has 1 nitrogen and oxygen atoms in total. The lowest BCUT2D eigenvalue weighted by molar-refractivity contribution is -0.117. The van der Waals surface area contributed by atoms with Gasteiger partial charge in [-0.1, -0.05) is 6.08 Å². The molecule has 0 aromatic carbocycles. The summed E-state index contributed by atoms with van der Waals surface area (Å²) in [7, 11) is 0. The SMILES string of the molecule is CSCC(C)(SC)C1CC=C(C)C(=O)C1. The summed E-state index contributed by atoms with van der Waals surface area (Å²) in [5.74, 6) is 1.97. The molecule has 3 heteroatoms. The first-order valence-electron chi connectivity index (χ1n) is 5.27. The second-order valence-corrected chi connectivity index (χ2v) is 6.60. The predicted octanol–water partition coefficient (Wildman–Crippen LogP) is 3.40. The van der Waals surface area contributed by atoms with Gasteiger partial charge in [-0.25, -0.2) is 0 Å². The van der Waals surface area contributed by atoms with E-state index in [0.29, 0.717) is 11.7 Å². The van der Waals surface area contributed by atoms with Crippen LogP contribution in [0.15, 0.2) is 11.6 Å². The van der Waals surface area contributed by atoms with Crippen molar-refractivity contribution in [3.8, 4) is 0 Å². The third kappa shape index (κ3) is 3.04. The zero-order valence-electron chi connectivity index (χ0n) is 10.0. The van der Waals surface area contributed by atoms with Gasteiger partial charge >= 0.3 is 0 Å². The van der Waals surface area contributed by atoms with Crippen molar-refractivity contribution in [1.82, 2.24) is 0 Å². The highest BCUT2D eigenvalue weighted by Crippen LogP contribution is 2.40. The second kappa shape index (κ2) is 5.44. The molecule has 1 aliphatic carbocycles. The highest BCUT2D eigenvalue weighted by molar-refractivity contribution is 8.03. The van der Waals surface area contributed by atoms with Crippen molar-refractivity contribution in [1.29, 1.82) is 0 Å². The Morgan fingerprint density at radius 1 is 1.53 bits per heavy atom. The Balaban J connectivity index is 2.76.